The molecule has 10 heteroatoms. The monoisotopic (exact) mass is 429 g/mol. The number of benzene rings is 1. The molecule has 0 saturated carbocycles. The number of hydrogen-bond acceptors (Lipinski definition) is 7. The summed E-state index contributed by atoms with van der Waals surface area (Å²) in [4.78, 5) is 23.0. The number of rotatable bonds is 5. The molecule has 9 nitrogen and oxygen atoms in total. The van der Waals surface area contributed by atoms with Crippen LogP contribution in [0.1, 0.15) is 30.0 Å². The van der Waals surface area contributed by atoms with Gasteiger partial charge in [0.25, 0.3) is 5.78 Å². The molecule has 1 aliphatic heterocycles. The quantitative estimate of drug-likeness (QED) is 0.605. The Bertz CT molecular complexity index is 1170. The van der Waals surface area contributed by atoms with Crippen LogP contribution in [-0.2, 0) is 21.1 Å². The first-order chi connectivity index (χ1) is 14.4. The highest BCUT2D eigenvalue weighted by Crippen LogP contribution is 2.31. The Morgan fingerprint density at radius 2 is 2.00 bits per heavy atom. The van der Waals surface area contributed by atoms with Crippen molar-refractivity contribution in [1.29, 1.82) is 0 Å². The molecular weight excluding hydrogens is 406 g/mol. The molecule has 1 aromatic carbocycles. The summed E-state index contributed by atoms with van der Waals surface area (Å²) in [5.41, 5.74) is 1.45. The van der Waals surface area contributed by atoms with Crippen LogP contribution in [0.2, 0.25) is 0 Å². The summed E-state index contributed by atoms with van der Waals surface area (Å²) >= 11 is 0. The number of fused-ring (bicyclic) bond motifs is 1. The first-order valence-corrected chi connectivity index (χ1v) is 11.6. The summed E-state index contributed by atoms with van der Waals surface area (Å²) in [6.07, 6.45) is 5.67. The summed E-state index contributed by atoms with van der Waals surface area (Å²) in [6.45, 7) is 1.07. The summed E-state index contributed by atoms with van der Waals surface area (Å²) in [7, 11) is -1.91. The molecule has 0 bridgehead atoms. The molecule has 4 rings (SSSR count). The number of hydrogen-bond donors (Lipinski definition) is 0. The van der Waals surface area contributed by atoms with Crippen LogP contribution < -0.4 is 4.74 Å². The van der Waals surface area contributed by atoms with E-state index in [1.807, 2.05) is 24.3 Å². The molecule has 0 radical (unpaired) electrons. The smallest absolute Gasteiger partial charge is 0.252 e. The molecule has 2 aromatic heterocycles. The molecule has 0 N–H and O–H groups in total. The molecule has 0 spiro atoms. The highest BCUT2D eigenvalue weighted by atomic mass is 32.2. The molecule has 1 fully saturated rings. The standard InChI is InChI=1S/C20H23N5O4S/c1-29-16-7-5-14(6-8-16)10-18(26)24-9-3-4-15(12-24)19-17(30(2,27)28)11-21-20-22-13-23-25(19)20/h5-8,11,13,15H,3-4,9-10,12H2,1-2H3/t15-/m1/s1. The molecule has 1 amide bonds. The van der Waals surface area contributed by atoms with E-state index in [9.17, 15) is 13.2 Å². The molecule has 3 heterocycles. The van der Waals surface area contributed by atoms with Crippen LogP contribution in [-0.4, -0.2) is 65.3 Å². The maximum absolute atomic E-state index is 12.9. The Kier molecular flexibility index (Phi) is 5.42. The van der Waals surface area contributed by atoms with Gasteiger partial charge in [-0.25, -0.2) is 13.4 Å². The van der Waals surface area contributed by atoms with Gasteiger partial charge in [0, 0.05) is 25.3 Å². The van der Waals surface area contributed by atoms with Crippen LogP contribution >= 0.6 is 0 Å². The molecule has 30 heavy (non-hydrogen) atoms. The van der Waals surface area contributed by atoms with Gasteiger partial charge in [0.2, 0.25) is 5.91 Å². The highest BCUT2D eigenvalue weighted by Gasteiger charge is 2.31. The van der Waals surface area contributed by atoms with E-state index in [2.05, 4.69) is 15.1 Å². The average Bonchev–Trinajstić information content (AvgIpc) is 3.22. The lowest BCUT2D eigenvalue weighted by molar-refractivity contribution is -0.131. The Labute approximate surface area is 174 Å². The number of methoxy groups -OCH3 is 1. The number of piperidine rings is 1. The summed E-state index contributed by atoms with van der Waals surface area (Å²) < 4.78 is 31.4. The molecule has 0 aliphatic carbocycles. The normalized spacial score (nSPS) is 17.3. The third-order valence-electron chi connectivity index (χ3n) is 5.38. The Morgan fingerprint density at radius 3 is 2.70 bits per heavy atom. The molecule has 1 atom stereocenters. The van der Waals surface area contributed by atoms with Crippen molar-refractivity contribution in [2.75, 3.05) is 26.5 Å². The number of ether oxygens (including phenoxy) is 1. The molecule has 0 unspecified atom stereocenters. The Morgan fingerprint density at radius 1 is 1.23 bits per heavy atom. The first kappa shape index (κ1) is 20.3. The zero-order valence-corrected chi connectivity index (χ0v) is 17.7. The van der Waals surface area contributed by atoms with Gasteiger partial charge in [-0.1, -0.05) is 12.1 Å². The minimum absolute atomic E-state index is 0.00895. The zero-order valence-electron chi connectivity index (χ0n) is 16.9. The van der Waals surface area contributed by atoms with Crippen molar-refractivity contribution in [3.63, 3.8) is 0 Å². The van der Waals surface area contributed by atoms with Crippen molar-refractivity contribution in [2.45, 2.75) is 30.1 Å². The van der Waals surface area contributed by atoms with Crippen molar-refractivity contribution in [3.8, 4) is 5.75 Å². The number of likely N-dealkylation sites (tertiary alicyclic amines) is 1. The second kappa shape index (κ2) is 8.02. The predicted molar refractivity (Wildman–Crippen MR) is 109 cm³/mol. The van der Waals surface area contributed by atoms with Crippen LogP contribution in [0.5, 0.6) is 5.75 Å². The van der Waals surface area contributed by atoms with E-state index in [4.69, 9.17) is 4.74 Å². The van der Waals surface area contributed by atoms with Gasteiger partial charge < -0.3 is 9.64 Å². The number of carbonyl (C=O) groups excluding carboxylic acids is 1. The number of aromatic nitrogens is 4. The van der Waals surface area contributed by atoms with Gasteiger partial charge in [-0.05, 0) is 30.5 Å². The Balaban J connectivity index is 1.59. The zero-order chi connectivity index (χ0) is 21.3. The third kappa shape index (κ3) is 4.00. The lowest BCUT2D eigenvalue weighted by atomic mass is 9.94. The minimum atomic E-state index is -3.51. The van der Waals surface area contributed by atoms with E-state index < -0.39 is 9.84 Å². The van der Waals surface area contributed by atoms with Crippen molar-refractivity contribution in [2.24, 2.45) is 0 Å². The fourth-order valence-electron chi connectivity index (χ4n) is 3.90. The van der Waals surface area contributed by atoms with Crippen LogP contribution in [0.25, 0.3) is 5.78 Å². The van der Waals surface area contributed by atoms with Gasteiger partial charge in [0.1, 0.15) is 17.0 Å². The molecular formula is C20H23N5O4S. The van der Waals surface area contributed by atoms with Gasteiger partial charge in [-0.15, -0.1) is 0 Å². The highest BCUT2D eigenvalue weighted by molar-refractivity contribution is 7.90. The SMILES string of the molecule is COc1ccc(CC(=O)N2CCC[C@@H](c3c(S(C)(=O)=O)cnc4ncnn34)C2)cc1. The molecule has 1 saturated heterocycles. The van der Waals surface area contributed by atoms with Gasteiger partial charge in [0.05, 0.1) is 25.4 Å². The molecule has 1 aliphatic rings. The lowest BCUT2D eigenvalue weighted by Gasteiger charge is -2.33. The second-order valence-electron chi connectivity index (χ2n) is 7.46. The maximum Gasteiger partial charge on any atom is 0.252 e. The van der Waals surface area contributed by atoms with E-state index in [-0.39, 0.29) is 23.1 Å². The van der Waals surface area contributed by atoms with Crippen molar-refractivity contribution in [1.82, 2.24) is 24.5 Å². The number of amides is 1. The van der Waals surface area contributed by atoms with E-state index in [0.29, 0.717) is 24.6 Å². The number of sulfone groups is 1. The summed E-state index contributed by atoms with van der Waals surface area (Å²) in [5.74, 6) is 0.927. The second-order valence-corrected chi connectivity index (χ2v) is 9.44. The van der Waals surface area contributed by atoms with Crippen LogP contribution in [0.3, 0.4) is 0 Å². The van der Waals surface area contributed by atoms with E-state index in [0.717, 1.165) is 30.4 Å². The summed E-state index contributed by atoms with van der Waals surface area (Å²) in [6, 6.07) is 7.42. The van der Waals surface area contributed by atoms with Gasteiger partial charge >= 0.3 is 0 Å². The Hall–Kier alpha value is -3.01. The third-order valence-corrected chi connectivity index (χ3v) is 6.50. The predicted octanol–water partition coefficient (Wildman–Crippen LogP) is 1.49. The lowest BCUT2D eigenvalue weighted by Crippen LogP contribution is -2.40. The first-order valence-electron chi connectivity index (χ1n) is 9.66. The maximum atomic E-state index is 12.9. The molecule has 158 valence electrons. The average molecular weight is 430 g/mol. The van der Waals surface area contributed by atoms with E-state index >= 15 is 0 Å². The fraction of sp³-hybridized carbons (Fsp3) is 0.400. The van der Waals surface area contributed by atoms with E-state index in [1.165, 1.54) is 17.0 Å². The van der Waals surface area contributed by atoms with Crippen LogP contribution in [0.4, 0.5) is 0 Å². The van der Waals surface area contributed by atoms with E-state index in [1.54, 1.807) is 12.0 Å². The van der Waals surface area contributed by atoms with Crippen molar-refractivity contribution in [3.05, 3.63) is 48.0 Å². The summed E-state index contributed by atoms with van der Waals surface area (Å²) in [5, 5.41) is 4.19. The van der Waals surface area contributed by atoms with Crippen LogP contribution in [0.15, 0.2) is 41.7 Å². The van der Waals surface area contributed by atoms with Gasteiger partial charge in [0.15, 0.2) is 9.84 Å². The van der Waals surface area contributed by atoms with Crippen molar-refractivity contribution < 1.29 is 17.9 Å². The number of nitrogens with zero attached hydrogens (tertiary/aromatic N) is 5. The molecule has 3 aromatic rings. The largest absolute Gasteiger partial charge is 0.497 e. The topological polar surface area (TPSA) is 107 Å². The van der Waals surface area contributed by atoms with Crippen LogP contribution in [0, 0.1) is 0 Å². The fourth-order valence-corrected chi connectivity index (χ4v) is 4.77. The van der Waals surface area contributed by atoms with Crippen molar-refractivity contribution >= 4 is 21.5 Å². The minimum Gasteiger partial charge on any atom is -0.497 e. The van der Waals surface area contributed by atoms with Gasteiger partial charge in [-0.3, -0.25) is 4.79 Å². The van der Waals surface area contributed by atoms with Gasteiger partial charge in [-0.2, -0.15) is 14.6 Å². The number of carbonyl (C=O) groups is 1.